The maximum Gasteiger partial charge on any atom is 0.286 e. The van der Waals surface area contributed by atoms with Crippen LogP contribution in [-0.2, 0) is 17.6 Å². The van der Waals surface area contributed by atoms with Gasteiger partial charge < -0.3 is 15.1 Å². The predicted molar refractivity (Wildman–Crippen MR) is 108 cm³/mol. The first-order valence-electron chi connectivity index (χ1n) is 9.47. The molecule has 1 aliphatic carbocycles. The van der Waals surface area contributed by atoms with Crippen LogP contribution in [0.15, 0.2) is 58.5 Å². The van der Waals surface area contributed by atoms with Crippen molar-refractivity contribution in [2.75, 3.05) is 6.54 Å². The number of rotatable bonds is 7. The van der Waals surface area contributed by atoms with Crippen LogP contribution in [0.4, 0.5) is 0 Å². The smallest absolute Gasteiger partial charge is 0.286 e. The second-order valence-electron chi connectivity index (χ2n) is 6.88. The van der Waals surface area contributed by atoms with Crippen molar-refractivity contribution in [1.29, 1.82) is 0 Å². The molecule has 3 aromatic rings. The summed E-state index contributed by atoms with van der Waals surface area (Å²) in [6.07, 6.45) is 5.10. The molecule has 0 radical (unpaired) electrons. The standard InChI is InChI=1S/C22H22N2O3S/c25-20(10-11-23-22(26)18-6-2-12-27-18)24-21(19-7-3-13-28-19)17-9-8-15-4-1-5-16(15)14-17/h2-3,6-9,12-14,21H,1,4-5,10-11H2,(H,23,26)(H,24,25)/t21-/m1/s1. The number of furan rings is 1. The fraction of sp³-hybridized carbons (Fsp3) is 0.273. The van der Waals surface area contributed by atoms with Crippen LogP contribution in [0.2, 0.25) is 0 Å². The Kier molecular flexibility index (Phi) is 5.58. The van der Waals surface area contributed by atoms with Gasteiger partial charge in [0.05, 0.1) is 12.3 Å². The minimum atomic E-state index is -0.314. The van der Waals surface area contributed by atoms with Gasteiger partial charge in [-0.2, -0.15) is 0 Å². The molecule has 0 unspecified atom stereocenters. The van der Waals surface area contributed by atoms with Crippen molar-refractivity contribution in [1.82, 2.24) is 10.6 Å². The summed E-state index contributed by atoms with van der Waals surface area (Å²) in [5.41, 5.74) is 3.91. The van der Waals surface area contributed by atoms with Crippen molar-refractivity contribution < 1.29 is 14.0 Å². The van der Waals surface area contributed by atoms with Crippen molar-refractivity contribution in [3.63, 3.8) is 0 Å². The monoisotopic (exact) mass is 394 g/mol. The summed E-state index contributed by atoms with van der Waals surface area (Å²) in [5.74, 6) is -0.167. The Bertz CT molecular complexity index is 948. The third kappa shape index (κ3) is 4.17. The molecule has 0 saturated heterocycles. The fourth-order valence-electron chi connectivity index (χ4n) is 3.56. The molecule has 6 heteroatoms. The molecular weight excluding hydrogens is 372 g/mol. The summed E-state index contributed by atoms with van der Waals surface area (Å²) in [7, 11) is 0. The van der Waals surface area contributed by atoms with Crippen LogP contribution in [0.3, 0.4) is 0 Å². The van der Waals surface area contributed by atoms with Gasteiger partial charge in [0.1, 0.15) is 0 Å². The van der Waals surface area contributed by atoms with E-state index >= 15 is 0 Å². The molecule has 144 valence electrons. The Labute approximate surface area is 167 Å². The van der Waals surface area contributed by atoms with Gasteiger partial charge in [-0.05, 0) is 59.5 Å². The number of carbonyl (C=O) groups excluding carboxylic acids is 2. The third-order valence-electron chi connectivity index (χ3n) is 4.97. The summed E-state index contributed by atoms with van der Waals surface area (Å²) in [6.45, 7) is 0.257. The zero-order chi connectivity index (χ0) is 19.3. The number of fused-ring (bicyclic) bond motifs is 1. The summed E-state index contributed by atoms with van der Waals surface area (Å²) in [6, 6.07) is 13.7. The van der Waals surface area contributed by atoms with Crippen LogP contribution >= 0.6 is 11.3 Å². The number of thiophene rings is 1. The largest absolute Gasteiger partial charge is 0.459 e. The SMILES string of the molecule is O=C(CCNC(=O)c1ccco1)N[C@H](c1ccc2c(c1)CCC2)c1cccs1. The number of benzene rings is 1. The van der Waals surface area contributed by atoms with E-state index in [4.69, 9.17) is 4.42 Å². The highest BCUT2D eigenvalue weighted by atomic mass is 32.1. The topological polar surface area (TPSA) is 71.3 Å². The molecule has 0 fully saturated rings. The first-order chi connectivity index (χ1) is 13.7. The summed E-state index contributed by atoms with van der Waals surface area (Å²) >= 11 is 1.63. The van der Waals surface area contributed by atoms with Gasteiger partial charge in [-0.25, -0.2) is 0 Å². The number of hydrogen-bond acceptors (Lipinski definition) is 4. The van der Waals surface area contributed by atoms with Crippen LogP contribution in [0.25, 0.3) is 0 Å². The molecule has 2 heterocycles. The maximum absolute atomic E-state index is 12.5. The summed E-state index contributed by atoms with van der Waals surface area (Å²) in [4.78, 5) is 25.5. The van der Waals surface area contributed by atoms with E-state index < -0.39 is 0 Å². The highest BCUT2D eigenvalue weighted by molar-refractivity contribution is 7.10. The quantitative estimate of drug-likeness (QED) is 0.639. The van der Waals surface area contributed by atoms with Crippen molar-refractivity contribution in [2.24, 2.45) is 0 Å². The molecular formula is C22H22N2O3S. The molecule has 4 rings (SSSR count). The highest BCUT2D eigenvalue weighted by Crippen LogP contribution is 2.30. The molecule has 5 nitrogen and oxygen atoms in total. The average Bonchev–Trinajstić information content (AvgIpc) is 3.47. The van der Waals surface area contributed by atoms with Gasteiger partial charge in [0, 0.05) is 17.8 Å². The van der Waals surface area contributed by atoms with Crippen molar-refractivity contribution >= 4 is 23.2 Å². The lowest BCUT2D eigenvalue weighted by Gasteiger charge is -2.19. The molecule has 2 N–H and O–H groups in total. The van der Waals surface area contributed by atoms with Gasteiger partial charge in [-0.1, -0.05) is 24.3 Å². The van der Waals surface area contributed by atoms with E-state index in [0.29, 0.717) is 0 Å². The summed E-state index contributed by atoms with van der Waals surface area (Å²) < 4.78 is 5.05. The van der Waals surface area contributed by atoms with E-state index in [1.54, 1.807) is 23.5 Å². The number of carbonyl (C=O) groups is 2. The van der Waals surface area contributed by atoms with E-state index in [1.165, 1.54) is 23.8 Å². The van der Waals surface area contributed by atoms with Crippen LogP contribution in [-0.4, -0.2) is 18.4 Å². The van der Waals surface area contributed by atoms with Gasteiger partial charge >= 0.3 is 0 Å². The first-order valence-corrected chi connectivity index (χ1v) is 10.3. The number of amides is 2. The zero-order valence-corrected chi connectivity index (χ0v) is 16.3. The first kappa shape index (κ1) is 18.5. The van der Waals surface area contributed by atoms with Gasteiger partial charge in [0.15, 0.2) is 5.76 Å². The molecule has 0 bridgehead atoms. The summed E-state index contributed by atoms with van der Waals surface area (Å²) in [5, 5.41) is 7.86. The second-order valence-corrected chi connectivity index (χ2v) is 7.86. The molecule has 0 saturated carbocycles. The lowest BCUT2D eigenvalue weighted by atomic mass is 10.00. The molecule has 0 spiro atoms. The number of nitrogens with one attached hydrogen (secondary N) is 2. The third-order valence-corrected chi connectivity index (χ3v) is 5.91. The molecule has 2 aromatic heterocycles. The lowest BCUT2D eigenvalue weighted by Crippen LogP contribution is -2.33. The van der Waals surface area contributed by atoms with E-state index in [2.05, 4.69) is 28.8 Å². The molecule has 1 aromatic carbocycles. The van der Waals surface area contributed by atoms with Crippen LogP contribution < -0.4 is 10.6 Å². The van der Waals surface area contributed by atoms with Crippen LogP contribution in [0, 0.1) is 0 Å². The van der Waals surface area contributed by atoms with Gasteiger partial charge in [0.2, 0.25) is 5.91 Å². The molecule has 0 aliphatic heterocycles. The normalized spacial score (nSPS) is 13.7. The average molecular weight is 394 g/mol. The van der Waals surface area contributed by atoms with Crippen molar-refractivity contribution in [3.8, 4) is 0 Å². The number of aryl methyl sites for hydroxylation is 2. The van der Waals surface area contributed by atoms with Crippen molar-refractivity contribution in [3.05, 3.63) is 81.4 Å². The van der Waals surface area contributed by atoms with Gasteiger partial charge in [-0.3, -0.25) is 9.59 Å². The van der Waals surface area contributed by atoms with E-state index in [-0.39, 0.29) is 36.6 Å². The molecule has 1 atom stereocenters. The molecule has 1 aliphatic rings. The minimum Gasteiger partial charge on any atom is -0.459 e. The Morgan fingerprint density at radius 2 is 2.00 bits per heavy atom. The molecule has 2 amide bonds. The van der Waals surface area contributed by atoms with E-state index in [9.17, 15) is 9.59 Å². The second kappa shape index (κ2) is 8.44. The maximum atomic E-state index is 12.5. The van der Waals surface area contributed by atoms with Crippen LogP contribution in [0.1, 0.15) is 51.0 Å². The predicted octanol–water partition coefficient (Wildman–Crippen LogP) is 3.86. The Morgan fingerprint density at radius 3 is 2.79 bits per heavy atom. The Morgan fingerprint density at radius 1 is 1.11 bits per heavy atom. The zero-order valence-electron chi connectivity index (χ0n) is 15.4. The highest BCUT2D eigenvalue weighted by Gasteiger charge is 2.20. The molecule has 28 heavy (non-hydrogen) atoms. The Hall–Kier alpha value is -2.86. The fourth-order valence-corrected chi connectivity index (χ4v) is 4.37. The van der Waals surface area contributed by atoms with Gasteiger partial charge in [0.25, 0.3) is 5.91 Å². The minimum absolute atomic E-state index is 0.0985. The van der Waals surface area contributed by atoms with Crippen LogP contribution in [0.5, 0.6) is 0 Å². The van der Waals surface area contributed by atoms with E-state index in [0.717, 1.165) is 23.3 Å². The van der Waals surface area contributed by atoms with Gasteiger partial charge in [-0.15, -0.1) is 11.3 Å². The number of hydrogen-bond donors (Lipinski definition) is 2. The lowest BCUT2D eigenvalue weighted by molar-refractivity contribution is -0.121. The Balaban J connectivity index is 1.40. The van der Waals surface area contributed by atoms with E-state index in [1.807, 2.05) is 17.5 Å². The van der Waals surface area contributed by atoms with Crippen molar-refractivity contribution in [2.45, 2.75) is 31.7 Å².